The summed E-state index contributed by atoms with van der Waals surface area (Å²) >= 11 is 3.19. The highest BCUT2D eigenvalue weighted by Crippen LogP contribution is 2.40. The number of sulfonamides is 1. The maximum atomic E-state index is 13.6. The number of ether oxygens (including phenoxy) is 1. The molecule has 0 saturated carbocycles. The second kappa shape index (κ2) is 10.7. The first-order chi connectivity index (χ1) is 18.5. The molecule has 1 aromatic heterocycles. The number of likely N-dealkylation sites (tertiary alicyclic amines) is 1. The minimum atomic E-state index is -4.76. The van der Waals surface area contributed by atoms with E-state index < -0.39 is 57.7 Å². The molecular weight excluding hydrogens is 630 g/mol. The van der Waals surface area contributed by atoms with Gasteiger partial charge in [-0.05, 0) is 53.5 Å². The molecule has 40 heavy (non-hydrogen) atoms. The largest absolute Gasteiger partial charge is 0.489 e. The first kappa shape index (κ1) is 29.8. The monoisotopic (exact) mass is 653 g/mol. The Balaban J connectivity index is 1.58. The van der Waals surface area contributed by atoms with Gasteiger partial charge in [0.25, 0.3) is 5.91 Å². The van der Waals surface area contributed by atoms with Gasteiger partial charge in [0.2, 0.25) is 10.0 Å². The zero-order valence-electron chi connectivity index (χ0n) is 21.2. The van der Waals surface area contributed by atoms with Crippen molar-refractivity contribution >= 4 is 49.4 Å². The van der Waals surface area contributed by atoms with Gasteiger partial charge in [-0.25, -0.2) is 17.5 Å². The lowest BCUT2D eigenvalue weighted by Crippen LogP contribution is -2.50. The molecule has 1 aromatic carbocycles. The van der Waals surface area contributed by atoms with Crippen LogP contribution < -0.4 is 20.1 Å². The normalized spacial score (nSPS) is 20.9. The molecule has 1 saturated heterocycles. The number of nitrogens with zero attached hydrogens (tertiary/aromatic N) is 2. The number of anilines is 1. The van der Waals surface area contributed by atoms with E-state index in [-0.39, 0.29) is 51.9 Å². The van der Waals surface area contributed by atoms with Crippen LogP contribution in [0.15, 0.2) is 27.7 Å². The Morgan fingerprint density at radius 2 is 1.90 bits per heavy atom. The number of nitrogens with one attached hydrogen (secondary N) is 3. The Morgan fingerprint density at radius 3 is 2.52 bits per heavy atom. The Bertz CT molecular complexity index is 1500. The molecule has 2 aliphatic heterocycles. The quantitative estimate of drug-likeness (QED) is 0.342. The number of amides is 3. The Kier molecular flexibility index (Phi) is 7.94. The number of rotatable bonds is 3. The molecule has 4 rings (SSSR count). The first-order valence-electron chi connectivity index (χ1n) is 11.8. The van der Waals surface area contributed by atoms with Crippen LogP contribution in [0, 0.1) is 18.7 Å². The van der Waals surface area contributed by atoms with Crippen molar-refractivity contribution in [3.05, 3.63) is 39.9 Å². The van der Waals surface area contributed by atoms with Crippen molar-refractivity contribution in [1.29, 1.82) is 0 Å². The van der Waals surface area contributed by atoms with Gasteiger partial charge in [0, 0.05) is 37.8 Å². The molecule has 1 fully saturated rings. The molecular formula is C23H24BrF4N5O6S. The molecule has 3 atom stereocenters. The van der Waals surface area contributed by atoms with Gasteiger partial charge in [0.1, 0.15) is 16.5 Å². The lowest BCUT2D eigenvalue weighted by Gasteiger charge is -2.23. The van der Waals surface area contributed by atoms with E-state index in [4.69, 9.17) is 4.74 Å². The van der Waals surface area contributed by atoms with Crippen LogP contribution in [0.25, 0.3) is 0 Å². The van der Waals surface area contributed by atoms with Gasteiger partial charge in [0.05, 0.1) is 6.61 Å². The maximum absolute atomic E-state index is 13.6. The molecule has 11 nitrogen and oxygen atoms in total. The average molecular weight is 654 g/mol. The lowest BCUT2D eigenvalue weighted by atomic mass is 10.1. The highest BCUT2D eigenvalue weighted by atomic mass is 79.9. The fourth-order valence-corrected chi connectivity index (χ4v) is 6.95. The summed E-state index contributed by atoms with van der Waals surface area (Å²) in [6, 6.07) is 0.703. The van der Waals surface area contributed by atoms with Crippen molar-refractivity contribution in [2.24, 2.45) is 13.0 Å². The summed E-state index contributed by atoms with van der Waals surface area (Å²) in [4.78, 5) is 38.5. The third kappa shape index (κ3) is 5.67. The fraction of sp³-hybridized carbons (Fsp3) is 0.435. The molecule has 0 aliphatic carbocycles. The number of carbonyl (C=O) groups is 3. The number of alkyl halides is 3. The van der Waals surface area contributed by atoms with Crippen molar-refractivity contribution in [2.75, 3.05) is 25.0 Å². The van der Waals surface area contributed by atoms with Gasteiger partial charge in [-0.15, -0.1) is 0 Å². The standard InChI is InChI=1S/C23H24BrF4N5O6S/c1-10-6-13(4-5-14(10)25)30-20(34)16-17-18(19(24)32(16)3)40(37,38)31-15-8-33(7-12(15)9-39-17)22(36)21(35)29-11(2)23(26,27)28/h4-6,11-12,15,31H,7-9H2,1-3H3,(H,29,35)(H,30,34)/t11?,12-,15?/m0/s1. The highest BCUT2D eigenvalue weighted by Gasteiger charge is 2.45. The predicted molar refractivity (Wildman–Crippen MR) is 136 cm³/mol. The van der Waals surface area contributed by atoms with E-state index in [0.29, 0.717) is 6.92 Å². The van der Waals surface area contributed by atoms with Crippen LogP contribution in [0.1, 0.15) is 23.0 Å². The van der Waals surface area contributed by atoms with E-state index in [1.54, 1.807) is 5.32 Å². The minimum Gasteiger partial charge on any atom is -0.489 e. The van der Waals surface area contributed by atoms with Crippen LogP contribution in [0.2, 0.25) is 0 Å². The molecule has 218 valence electrons. The average Bonchev–Trinajstić information content (AvgIpc) is 3.35. The number of aryl methyl sites for hydroxylation is 1. The molecule has 3 N–H and O–H groups in total. The smallest absolute Gasteiger partial charge is 0.408 e. The van der Waals surface area contributed by atoms with E-state index in [2.05, 4.69) is 26.0 Å². The zero-order chi connectivity index (χ0) is 29.7. The lowest BCUT2D eigenvalue weighted by molar-refractivity contribution is -0.162. The van der Waals surface area contributed by atoms with Crippen LogP contribution in [-0.2, 0) is 26.7 Å². The summed E-state index contributed by atoms with van der Waals surface area (Å²) in [6.07, 6.45) is -4.76. The summed E-state index contributed by atoms with van der Waals surface area (Å²) in [5.74, 6) is -4.94. The Labute approximate surface area is 234 Å². The number of fused-ring (bicyclic) bond motifs is 2. The van der Waals surface area contributed by atoms with Crippen molar-refractivity contribution < 1.29 is 45.1 Å². The Hall–Kier alpha value is -3.18. The third-order valence-electron chi connectivity index (χ3n) is 6.65. The summed E-state index contributed by atoms with van der Waals surface area (Å²) < 4.78 is 88.3. The van der Waals surface area contributed by atoms with E-state index in [0.717, 1.165) is 4.90 Å². The molecule has 0 radical (unpaired) electrons. The molecule has 2 aromatic rings. The summed E-state index contributed by atoms with van der Waals surface area (Å²) in [5.41, 5.74) is 0.362. The second-order valence-electron chi connectivity index (χ2n) is 9.52. The topological polar surface area (TPSA) is 139 Å². The predicted octanol–water partition coefficient (Wildman–Crippen LogP) is 2.05. The summed E-state index contributed by atoms with van der Waals surface area (Å²) in [5, 5.41) is 4.17. The van der Waals surface area contributed by atoms with E-state index in [1.807, 2.05) is 0 Å². The fourth-order valence-electron chi connectivity index (χ4n) is 4.41. The molecule has 3 amide bonds. The van der Waals surface area contributed by atoms with Gasteiger partial charge in [0.15, 0.2) is 16.3 Å². The Morgan fingerprint density at radius 1 is 1.23 bits per heavy atom. The number of carbonyl (C=O) groups excluding carboxylic acids is 3. The van der Waals surface area contributed by atoms with E-state index >= 15 is 0 Å². The van der Waals surface area contributed by atoms with Gasteiger partial charge >= 0.3 is 18.0 Å². The van der Waals surface area contributed by atoms with Crippen molar-refractivity contribution in [3.63, 3.8) is 0 Å². The van der Waals surface area contributed by atoms with Crippen LogP contribution in [0.5, 0.6) is 5.75 Å². The van der Waals surface area contributed by atoms with Gasteiger partial charge < -0.3 is 24.8 Å². The highest BCUT2D eigenvalue weighted by molar-refractivity contribution is 9.10. The SMILES string of the molecule is Cc1cc(NC(=O)c2c3c(c(Br)n2C)S(=O)(=O)NC2CN(C(=O)C(=O)NC(C)C(F)(F)F)C[C@H]2CO3)ccc1F. The number of halogens is 5. The van der Waals surface area contributed by atoms with Crippen LogP contribution in [-0.4, -0.2) is 73.6 Å². The van der Waals surface area contributed by atoms with Crippen molar-refractivity contribution in [1.82, 2.24) is 19.5 Å². The molecule has 3 heterocycles. The van der Waals surface area contributed by atoms with Crippen LogP contribution in [0.4, 0.5) is 23.2 Å². The van der Waals surface area contributed by atoms with E-state index in [9.17, 15) is 40.4 Å². The third-order valence-corrected chi connectivity index (χ3v) is 9.37. The summed E-state index contributed by atoms with van der Waals surface area (Å²) in [6.45, 7) is 1.51. The zero-order valence-corrected chi connectivity index (χ0v) is 23.6. The minimum absolute atomic E-state index is 0.0136. The molecule has 0 spiro atoms. The van der Waals surface area contributed by atoms with Gasteiger partial charge in [-0.3, -0.25) is 14.4 Å². The maximum Gasteiger partial charge on any atom is 0.408 e. The molecule has 2 aliphatic rings. The summed E-state index contributed by atoms with van der Waals surface area (Å²) in [7, 11) is -2.94. The number of aromatic nitrogens is 1. The number of hydrogen-bond acceptors (Lipinski definition) is 6. The van der Waals surface area contributed by atoms with Crippen LogP contribution in [0.3, 0.4) is 0 Å². The number of benzene rings is 1. The number of hydrogen-bond donors (Lipinski definition) is 3. The first-order valence-corrected chi connectivity index (χ1v) is 14.1. The van der Waals surface area contributed by atoms with Crippen molar-refractivity contribution in [3.8, 4) is 5.75 Å². The van der Waals surface area contributed by atoms with Crippen LogP contribution >= 0.6 is 15.9 Å². The molecule has 2 unspecified atom stereocenters. The van der Waals surface area contributed by atoms with Crippen molar-refractivity contribution in [2.45, 2.75) is 37.0 Å². The molecule has 17 heteroatoms. The van der Waals surface area contributed by atoms with E-state index in [1.165, 1.54) is 36.7 Å². The second-order valence-corrected chi connectivity index (χ2v) is 11.9. The van der Waals surface area contributed by atoms with Gasteiger partial charge in [-0.2, -0.15) is 13.2 Å². The molecule has 0 bridgehead atoms. The van der Waals surface area contributed by atoms with Gasteiger partial charge in [-0.1, -0.05) is 0 Å².